The van der Waals surface area contributed by atoms with Crippen molar-refractivity contribution in [3.8, 4) is 5.69 Å². The van der Waals surface area contributed by atoms with Crippen molar-refractivity contribution in [3.05, 3.63) is 40.0 Å². The smallest absolute Gasteiger partial charge is 0.133 e. The Morgan fingerprint density at radius 1 is 1.18 bits per heavy atom. The second-order valence-corrected chi connectivity index (χ2v) is 7.27. The van der Waals surface area contributed by atoms with Gasteiger partial charge in [0.2, 0.25) is 0 Å². The molecule has 0 unspecified atom stereocenters. The second-order valence-electron chi connectivity index (χ2n) is 6.35. The normalized spacial score (nSPS) is 19.2. The number of hydrogen-bond acceptors (Lipinski definition) is 3. The second kappa shape index (κ2) is 5.70. The first-order valence-corrected chi connectivity index (χ1v) is 8.82. The molecule has 2 aromatic rings. The number of halogens is 1. The van der Waals surface area contributed by atoms with Crippen molar-refractivity contribution in [1.29, 1.82) is 0 Å². The molecule has 0 amide bonds. The molecule has 1 N–H and O–H groups in total. The Kier molecular flexibility index (Phi) is 3.70. The summed E-state index contributed by atoms with van der Waals surface area (Å²) < 4.78 is 3.20. The largest absolute Gasteiger partial charge is 0.369 e. The fraction of sp³-hybridized carbons (Fsp3) is 0.471. The topological polar surface area (TPSA) is 33.1 Å². The van der Waals surface area contributed by atoms with Gasteiger partial charge in [-0.25, -0.2) is 4.68 Å². The molecule has 4 nitrogen and oxygen atoms in total. The summed E-state index contributed by atoms with van der Waals surface area (Å²) in [7, 11) is 2.21. The Bertz CT molecular complexity index is 669. The monoisotopic (exact) mass is 360 g/mol. The number of benzene rings is 1. The first-order chi connectivity index (χ1) is 10.7. The number of hydrogen-bond donors (Lipinski definition) is 1. The molecule has 1 saturated heterocycles. The van der Waals surface area contributed by atoms with Gasteiger partial charge >= 0.3 is 0 Å². The number of anilines is 1. The number of fused-ring (bicyclic) bond motifs is 1. The molecule has 22 heavy (non-hydrogen) atoms. The van der Waals surface area contributed by atoms with E-state index < -0.39 is 0 Å². The number of rotatable bonds is 2. The number of aromatic nitrogens is 2. The van der Waals surface area contributed by atoms with Gasteiger partial charge in [0, 0.05) is 22.5 Å². The van der Waals surface area contributed by atoms with Gasteiger partial charge in [-0.05, 0) is 63.7 Å². The van der Waals surface area contributed by atoms with E-state index in [1.54, 1.807) is 0 Å². The van der Waals surface area contributed by atoms with E-state index in [-0.39, 0.29) is 0 Å². The first kappa shape index (κ1) is 14.3. The first-order valence-electron chi connectivity index (χ1n) is 8.02. The van der Waals surface area contributed by atoms with Crippen LogP contribution in [0, 0.1) is 0 Å². The highest BCUT2D eigenvalue weighted by molar-refractivity contribution is 9.10. The van der Waals surface area contributed by atoms with E-state index >= 15 is 0 Å². The van der Waals surface area contributed by atoms with Gasteiger partial charge in [0.1, 0.15) is 5.82 Å². The van der Waals surface area contributed by atoms with Gasteiger partial charge in [0.15, 0.2) is 0 Å². The van der Waals surface area contributed by atoms with Gasteiger partial charge in [0.05, 0.1) is 11.4 Å². The minimum Gasteiger partial charge on any atom is -0.369 e. The molecule has 116 valence electrons. The molecule has 1 aromatic heterocycles. The van der Waals surface area contributed by atoms with Crippen LogP contribution in [0.5, 0.6) is 0 Å². The third kappa shape index (κ3) is 2.46. The summed E-state index contributed by atoms with van der Waals surface area (Å²) in [5.41, 5.74) is 3.90. The highest BCUT2D eigenvalue weighted by Crippen LogP contribution is 2.36. The van der Waals surface area contributed by atoms with Gasteiger partial charge < -0.3 is 10.2 Å². The molecule has 2 aliphatic heterocycles. The molecule has 0 spiro atoms. The highest BCUT2D eigenvalue weighted by atomic mass is 79.9. The molecular formula is C17H21BrN4. The SMILES string of the molecule is CN1CCC(c2nn(-c3ccc(Br)cc3)c3c2CCN3)CC1. The lowest BCUT2D eigenvalue weighted by atomic mass is 9.91. The summed E-state index contributed by atoms with van der Waals surface area (Å²) in [6.45, 7) is 3.39. The van der Waals surface area contributed by atoms with E-state index in [0.717, 1.165) is 23.1 Å². The maximum atomic E-state index is 5.00. The van der Waals surface area contributed by atoms with Gasteiger partial charge in [-0.1, -0.05) is 15.9 Å². The Hall–Kier alpha value is -1.33. The third-order valence-corrected chi connectivity index (χ3v) is 5.39. The van der Waals surface area contributed by atoms with Crippen molar-refractivity contribution in [3.63, 3.8) is 0 Å². The van der Waals surface area contributed by atoms with E-state index in [4.69, 9.17) is 5.10 Å². The highest BCUT2D eigenvalue weighted by Gasteiger charge is 2.29. The van der Waals surface area contributed by atoms with Crippen molar-refractivity contribution in [2.45, 2.75) is 25.2 Å². The number of likely N-dealkylation sites (tertiary alicyclic amines) is 1. The van der Waals surface area contributed by atoms with E-state index in [0.29, 0.717) is 5.92 Å². The third-order valence-electron chi connectivity index (χ3n) is 4.86. The average molecular weight is 361 g/mol. The molecule has 1 aromatic carbocycles. The minimum absolute atomic E-state index is 0.613. The number of piperidine rings is 1. The van der Waals surface area contributed by atoms with Crippen LogP contribution in [-0.2, 0) is 6.42 Å². The standard InChI is InChI=1S/C17H21BrN4/c1-21-10-7-12(8-11-21)16-15-6-9-19-17(15)22(20-16)14-4-2-13(18)3-5-14/h2-5,12,19H,6-11H2,1H3. The van der Waals surface area contributed by atoms with Crippen LogP contribution in [0.25, 0.3) is 5.69 Å². The molecule has 0 saturated carbocycles. The molecule has 2 aliphatic rings. The van der Waals surface area contributed by atoms with Crippen molar-refractivity contribution in [2.75, 3.05) is 32.0 Å². The maximum absolute atomic E-state index is 5.00. The Morgan fingerprint density at radius 2 is 1.91 bits per heavy atom. The molecule has 0 aliphatic carbocycles. The summed E-state index contributed by atoms with van der Waals surface area (Å²) in [5.74, 6) is 1.82. The van der Waals surface area contributed by atoms with Crippen LogP contribution in [0.15, 0.2) is 28.7 Å². The predicted octanol–water partition coefficient (Wildman–Crippen LogP) is 3.41. The van der Waals surface area contributed by atoms with Crippen LogP contribution in [0.4, 0.5) is 5.82 Å². The molecule has 3 heterocycles. The molecule has 0 radical (unpaired) electrons. The van der Waals surface area contributed by atoms with Gasteiger partial charge in [-0.3, -0.25) is 0 Å². The zero-order valence-corrected chi connectivity index (χ0v) is 14.4. The molecular weight excluding hydrogens is 340 g/mol. The van der Waals surface area contributed by atoms with Crippen LogP contribution >= 0.6 is 15.9 Å². The summed E-state index contributed by atoms with van der Waals surface area (Å²) in [6, 6.07) is 8.40. The van der Waals surface area contributed by atoms with Crippen LogP contribution in [0.3, 0.4) is 0 Å². The fourth-order valence-corrected chi connectivity index (χ4v) is 3.84. The Labute approximate surface area is 139 Å². The van der Waals surface area contributed by atoms with E-state index in [1.165, 1.54) is 43.0 Å². The predicted molar refractivity (Wildman–Crippen MR) is 92.9 cm³/mol. The minimum atomic E-state index is 0.613. The van der Waals surface area contributed by atoms with Crippen LogP contribution < -0.4 is 5.32 Å². The molecule has 1 fully saturated rings. The van der Waals surface area contributed by atoms with E-state index in [9.17, 15) is 0 Å². The van der Waals surface area contributed by atoms with Crippen LogP contribution in [0.2, 0.25) is 0 Å². The Morgan fingerprint density at radius 3 is 2.64 bits per heavy atom. The van der Waals surface area contributed by atoms with Crippen molar-refractivity contribution < 1.29 is 0 Å². The summed E-state index contributed by atoms with van der Waals surface area (Å²) in [4.78, 5) is 2.42. The lowest BCUT2D eigenvalue weighted by Gasteiger charge is -2.28. The summed E-state index contributed by atoms with van der Waals surface area (Å²) >= 11 is 3.50. The lowest BCUT2D eigenvalue weighted by Crippen LogP contribution is -2.29. The number of nitrogens with zero attached hydrogens (tertiary/aromatic N) is 3. The van der Waals surface area contributed by atoms with Gasteiger partial charge in [-0.15, -0.1) is 0 Å². The molecule has 5 heteroatoms. The van der Waals surface area contributed by atoms with Crippen molar-refractivity contribution >= 4 is 21.7 Å². The van der Waals surface area contributed by atoms with Crippen LogP contribution in [0.1, 0.15) is 30.0 Å². The maximum Gasteiger partial charge on any atom is 0.133 e. The molecule has 0 bridgehead atoms. The van der Waals surface area contributed by atoms with E-state index in [1.807, 2.05) is 0 Å². The molecule has 0 atom stereocenters. The quantitative estimate of drug-likeness (QED) is 0.890. The van der Waals surface area contributed by atoms with E-state index in [2.05, 4.69) is 62.1 Å². The summed E-state index contributed by atoms with van der Waals surface area (Å²) in [5, 5.41) is 8.53. The van der Waals surface area contributed by atoms with Crippen molar-refractivity contribution in [1.82, 2.24) is 14.7 Å². The molecule has 4 rings (SSSR count). The fourth-order valence-electron chi connectivity index (χ4n) is 3.58. The lowest BCUT2D eigenvalue weighted by molar-refractivity contribution is 0.252. The number of nitrogens with one attached hydrogen (secondary N) is 1. The average Bonchev–Trinajstić information content (AvgIpc) is 3.12. The van der Waals surface area contributed by atoms with Crippen molar-refractivity contribution in [2.24, 2.45) is 0 Å². The summed E-state index contributed by atoms with van der Waals surface area (Å²) in [6.07, 6.45) is 3.55. The van der Waals surface area contributed by atoms with Crippen LogP contribution in [-0.4, -0.2) is 41.4 Å². The zero-order chi connectivity index (χ0) is 15.1. The van der Waals surface area contributed by atoms with Gasteiger partial charge in [-0.2, -0.15) is 5.10 Å². The Balaban J connectivity index is 1.72. The zero-order valence-electron chi connectivity index (χ0n) is 12.8. The van der Waals surface area contributed by atoms with Gasteiger partial charge in [0.25, 0.3) is 0 Å².